The molecule has 4 fully saturated rings. The van der Waals surface area contributed by atoms with E-state index in [0.717, 1.165) is 63.5 Å². The number of hydrogen-bond donors (Lipinski definition) is 1. The third-order valence-electron chi connectivity index (χ3n) is 11.9. The van der Waals surface area contributed by atoms with Gasteiger partial charge in [0.2, 0.25) is 0 Å². The molecule has 3 aliphatic carbocycles. The highest BCUT2D eigenvalue weighted by molar-refractivity contribution is 7.99. The zero-order chi connectivity index (χ0) is 30.4. The van der Waals surface area contributed by atoms with Crippen LogP contribution in [0, 0.1) is 40.9 Å². The van der Waals surface area contributed by atoms with E-state index >= 15 is 0 Å². The lowest BCUT2D eigenvalue weighted by atomic mass is 9.44. The van der Waals surface area contributed by atoms with E-state index in [1.807, 2.05) is 26.0 Å². The molecule has 42 heavy (non-hydrogen) atoms. The Morgan fingerprint density at radius 1 is 1.21 bits per heavy atom. The number of anilines is 1. The Bertz CT molecular complexity index is 1200. The maximum absolute atomic E-state index is 13.6. The molecule has 1 aromatic rings. The number of hydrogen-bond acceptors (Lipinski definition) is 9. The first kappa shape index (κ1) is 31.5. The number of aliphatic hydroxyl groups is 1. The number of likely N-dealkylation sites (N-methyl/N-ethyl adjacent to an activating group) is 1. The summed E-state index contributed by atoms with van der Waals surface area (Å²) in [6.45, 7) is 21.7. The predicted octanol–water partition coefficient (Wildman–Crippen LogP) is 4.93. The first-order valence-electron chi connectivity index (χ1n) is 15.9. The van der Waals surface area contributed by atoms with E-state index in [0.29, 0.717) is 18.0 Å². The summed E-state index contributed by atoms with van der Waals surface area (Å²) >= 11 is 1.30. The number of ether oxygens (including phenoxy) is 1. The quantitative estimate of drug-likeness (QED) is 0.203. The van der Waals surface area contributed by atoms with Gasteiger partial charge in [0.25, 0.3) is 0 Å². The minimum absolute atomic E-state index is 0.0476. The number of piperazine rings is 1. The molecular weight excluding hydrogens is 548 g/mol. The van der Waals surface area contributed by atoms with Crippen molar-refractivity contribution in [3.05, 3.63) is 24.4 Å². The van der Waals surface area contributed by atoms with Crippen molar-refractivity contribution in [3.8, 4) is 0 Å². The van der Waals surface area contributed by atoms with Gasteiger partial charge in [-0.25, -0.2) is 9.97 Å². The summed E-state index contributed by atoms with van der Waals surface area (Å²) < 4.78 is 6.40. The summed E-state index contributed by atoms with van der Waals surface area (Å²) in [4.78, 5) is 41.3. The van der Waals surface area contributed by atoms with Crippen LogP contribution in [0.15, 0.2) is 23.9 Å². The molecule has 1 aliphatic heterocycles. The number of aromatic nitrogens is 2. The number of carbonyl (C=O) groups excluding carboxylic acids is 2. The van der Waals surface area contributed by atoms with Gasteiger partial charge in [0.15, 0.2) is 5.16 Å². The topological polar surface area (TPSA) is 95.9 Å². The van der Waals surface area contributed by atoms with Crippen LogP contribution in [-0.4, -0.2) is 82.4 Å². The molecule has 232 valence electrons. The molecular formula is C33H50N4O4S. The third kappa shape index (κ3) is 5.32. The van der Waals surface area contributed by atoms with Crippen LogP contribution in [0.1, 0.15) is 72.4 Å². The second-order valence-electron chi connectivity index (χ2n) is 13.9. The minimum Gasteiger partial charge on any atom is -0.461 e. The number of thioether (sulfide) groups is 1. The van der Waals surface area contributed by atoms with E-state index in [4.69, 9.17) is 9.72 Å². The molecule has 2 heterocycles. The number of nitrogens with zero attached hydrogens (tertiary/aromatic N) is 4. The molecule has 5 rings (SSSR count). The summed E-state index contributed by atoms with van der Waals surface area (Å²) in [5.74, 6) is 0.844. The number of aliphatic hydroxyl groups excluding tert-OH is 1. The van der Waals surface area contributed by atoms with Gasteiger partial charge < -0.3 is 19.6 Å². The summed E-state index contributed by atoms with van der Waals surface area (Å²) in [7, 11) is 0. The van der Waals surface area contributed by atoms with Crippen molar-refractivity contribution in [2.24, 2.45) is 34.0 Å². The van der Waals surface area contributed by atoms with E-state index < -0.39 is 23.0 Å². The number of ketones is 1. The lowest BCUT2D eigenvalue weighted by Gasteiger charge is -2.61. The molecule has 4 aliphatic rings. The Kier molecular flexibility index (Phi) is 8.87. The SMILES string of the molecule is C=C[C@]1(C)C[C@@H](OC(=O)CSc2nc(C)cc(N3CCN(CC)CC3)n2)[C@]2(C)[C@H](C)CC[C@]3(CCC(=O)[C@H]32)[C@@H](C)[C@@H]1O. The second-order valence-corrected chi connectivity index (χ2v) is 14.9. The average Bonchev–Trinajstić information content (AvgIpc) is 3.34. The Morgan fingerprint density at radius 3 is 2.60 bits per heavy atom. The third-order valence-corrected chi connectivity index (χ3v) is 12.7. The molecule has 1 N–H and O–H groups in total. The fraction of sp³-hybridized carbons (Fsp3) is 0.758. The molecule has 8 atom stereocenters. The van der Waals surface area contributed by atoms with Gasteiger partial charge in [-0.2, -0.15) is 0 Å². The molecule has 0 unspecified atom stereocenters. The number of carbonyl (C=O) groups is 2. The maximum Gasteiger partial charge on any atom is 0.316 e. The van der Waals surface area contributed by atoms with Gasteiger partial charge >= 0.3 is 5.97 Å². The molecule has 1 saturated heterocycles. The van der Waals surface area contributed by atoms with Crippen LogP contribution in [0.25, 0.3) is 0 Å². The van der Waals surface area contributed by atoms with Crippen LogP contribution >= 0.6 is 11.8 Å². The summed E-state index contributed by atoms with van der Waals surface area (Å²) in [5, 5.41) is 12.3. The first-order valence-corrected chi connectivity index (χ1v) is 16.9. The Balaban J connectivity index is 1.37. The van der Waals surface area contributed by atoms with Crippen molar-refractivity contribution in [1.29, 1.82) is 0 Å². The smallest absolute Gasteiger partial charge is 0.316 e. The zero-order valence-corrected chi connectivity index (χ0v) is 27.2. The lowest BCUT2D eigenvalue weighted by Crippen LogP contribution is -2.63. The molecule has 1 aromatic heterocycles. The summed E-state index contributed by atoms with van der Waals surface area (Å²) in [5.41, 5.74) is -0.567. The van der Waals surface area contributed by atoms with Crippen LogP contribution < -0.4 is 4.90 Å². The molecule has 0 aromatic carbocycles. The lowest BCUT2D eigenvalue weighted by molar-refractivity contribution is -0.205. The van der Waals surface area contributed by atoms with E-state index in [1.54, 1.807) is 0 Å². The Hall–Kier alpha value is -1.97. The van der Waals surface area contributed by atoms with E-state index in [1.165, 1.54) is 11.8 Å². The van der Waals surface area contributed by atoms with Gasteiger partial charge in [-0.05, 0) is 56.4 Å². The van der Waals surface area contributed by atoms with Crippen LogP contribution in [0.2, 0.25) is 0 Å². The van der Waals surface area contributed by atoms with E-state index in [-0.39, 0.29) is 40.7 Å². The molecule has 9 heteroatoms. The highest BCUT2D eigenvalue weighted by Crippen LogP contribution is 2.68. The molecule has 0 amide bonds. The van der Waals surface area contributed by atoms with Crippen LogP contribution in [0.4, 0.5) is 5.82 Å². The predicted molar refractivity (Wildman–Crippen MR) is 166 cm³/mol. The van der Waals surface area contributed by atoms with Crippen molar-refractivity contribution in [2.75, 3.05) is 43.4 Å². The van der Waals surface area contributed by atoms with Crippen molar-refractivity contribution in [1.82, 2.24) is 14.9 Å². The van der Waals surface area contributed by atoms with Gasteiger partial charge in [0, 0.05) is 61.1 Å². The molecule has 2 bridgehead atoms. The number of aryl methyl sites for hydroxylation is 1. The van der Waals surface area contributed by atoms with Gasteiger partial charge in [-0.3, -0.25) is 9.59 Å². The van der Waals surface area contributed by atoms with Crippen LogP contribution in [0.5, 0.6) is 0 Å². The standard InChI is InChI=1S/C33H50N4O4S/c1-8-31(6)19-25(32(7)21(3)10-12-33(23(5)29(31)40)13-11-24(38)28(32)33)41-27(39)20-42-30-34-22(4)18-26(35-30)37-16-14-36(9-2)15-17-37/h8,18,21,23,25,28-29,40H,1,9-17,19-20H2,2-7H3/t21-,23+,25-,28+,29+,31-,32+,33+/m1/s1. The summed E-state index contributed by atoms with van der Waals surface area (Å²) in [6.07, 6.45) is 4.29. The summed E-state index contributed by atoms with van der Waals surface area (Å²) in [6, 6.07) is 2.01. The fourth-order valence-corrected chi connectivity index (χ4v) is 9.54. The molecule has 0 spiro atoms. The van der Waals surface area contributed by atoms with Crippen molar-refractivity contribution in [3.63, 3.8) is 0 Å². The van der Waals surface area contributed by atoms with E-state index in [2.05, 4.69) is 49.1 Å². The largest absolute Gasteiger partial charge is 0.461 e. The van der Waals surface area contributed by atoms with Crippen molar-refractivity contribution >= 4 is 29.3 Å². The first-order chi connectivity index (χ1) is 19.9. The monoisotopic (exact) mass is 598 g/mol. The van der Waals surface area contributed by atoms with Crippen LogP contribution in [-0.2, 0) is 14.3 Å². The Labute approximate surface area is 256 Å². The minimum atomic E-state index is -0.671. The number of rotatable bonds is 7. The van der Waals surface area contributed by atoms with Gasteiger partial charge in [0.1, 0.15) is 17.7 Å². The normalized spacial score (nSPS) is 38.9. The second kappa shape index (κ2) is 11.8. The molecule has 0 radical (unpaired) electrons. The number of Topliss-reactive ketones (excluding diaryl/α,β-unsaturated/α-hetero) is 1. The van der Waals surface area contributed by atoms with Crippen molar-refractivity contribution in [2.45, 2.75) is 91.0 Å². The van der Waals surface area contributed by atoms with Gasteiger partial charge in [-0.1, -0.05) is 52.5 Å². The van der Waals surface area contributed by atoms with Crippen LogP contribution in [0.3, 0.4) is 0 Å². The maximum atomic E-state index is 13.6. The zero-order valence-electron chi connectivity index (χ0n) is 26.4. The molecule has 8 nitrogen and oxygen atoms in total. The van der Waals surface area contributed by atoms with E-state index in [9.17, 15) is 14.7 Å². The van der Waals surface area contributed by atoms with Gasteiger partial charge in [-0.15, -0.1) is 6.58 Å². The highest BCUT2D eigenvalue weighted by Gasteiger charge is 2.68. The Morgan fingerprint density at radius 2 is 1.93 bits per heavy atom. The van der Waals surface area contributed by atoms with Crippen molar-refractivity contribution < 1.29 is 19.4 Å². The molecule has 3 saturated carbocycles. The highest BCUT2D eigenvalue weighted by atomic mass is 32.2. The van der Waals surface area contributed by atoms with Gasteiger partial charge in [0.05, 0.1) is 11.9 Å². The number of esters is 1. The fourth-order valence-electron chi connectivity index (χ4n) is 8.86. The average molecular weight is 599 g/mol.